The molecule has 0 spiro atoms. The summed E-state index contributed by atoms with van der Waals surface area (Å²) in [5.41, 5.74) is 8.87. The second-order valence-corrected chi connectivity index (χ2v) is 7.29. The number of aryl methyl sites for hydroxylation is 1. The number of fused-ring (bicyclic) bond motifs is 1. The minimum atomic E-state index is -0.570. The van der Waals surface area contributed by atoms with Gasteiger partial charge in [-0.25, -0.2) is 15.0 Å². The molecule has 0 aliphatic rings. The molecule has 0 saturated heterocycles. The Bertz CT molecular complexity index is 1030. The van der Waals surface area contributed by atoms with E-state index < -0.39 is 6.10 Å². The Morgan fingerprint density at radius 3 is 2.93 bits per heavy atom. The first-order chi connectivity index (χ1) is 13.4. The minimum absolute atomic E-state index is 0.294. The maximum Gasteiger partial charge on any atom is 0.197 e. The number of nitrogens with two attached hydrogens (primary N) is 1. The van der Waals surface area contributed by atoms with Crippen LogP contribution in [0.4, 0.5) is 5.82 Å². The van der Waals surface area contributed by atoms with Gasteiger partial charge in [0, 0.05) is 35.3 Å². The molecule has 0 aliphatic carbocycles. The summed E-state index contributed by atoms with van der Waals surface area (Å²) in [7, 11) is 0. The monoisotopic (exact) mass is 398 g/mol. The molecule has 3 heterocycles. The Hall–Kier alpha value is -2.91. The maximum absolute atomic E-state index is 11.6. The van der Waals surface area contributed by atoms with E-state index in [1.807, 2.05) is 13.0 Å². The molecule has 0 fully saturated rings. The summed E-state index contributed by atoms with van der Waals surface area (Å²) in [6, 6.07) is 3.59. The lowest BCUT2D eigenvalue weighted by molar-refractivity contribution is 0.112. The molecule has 0 saturated carbocycles. The van der Waals surface area contributed by atoms with E-state index in [9.17, 15) is 9.90 Å². The normalized spacial score (nSPS) is 12.1. The first-order valence-electron chi connectivity index (χ1n) is 8.81. The summed E-state index contributed by atoms with van der Waals surface area (Å²) in [6.45, 7) is 7.66. The number of nitrogens with zero attached hydrogens (tertiary/aromatic N) is 3. The Labute approximate surface area is 166 Å². The van der Waals surface area contributed by atoms with Crippen molar-refractivity contribution < 1.29 is 9.90 Å². The number of aliphatic hydroxyl groups excluding tert-OH is 1. The van der Waals surface area contributed by atoms with Crippen molar-refractivity contribution in [3.05, 3.63) is 41.7 Å². The fraction of sp³-hybridized carbons (Fsp3) is 0.263. The predicted octanol–water partition coefficient (Wildman–Crippen LogP) is 2.60. The Balaban J connectivity index is 2.07. The Morgan fingerprint density at radius 1 is 1.50 bits per heavy atom. The van der Waals surface area contributed by atoms with Crippen LogP contribution in [0.1, 0.15) is 35.5 Å². The molecule has 1 atom stereocenters. The van der Waals surface area contributed by atoms with Crippen LogP contribution < -0.4 is 11.1 Å². The fourth-order valence-corrected chi connectivity index (χ4v) is 3.49. The molecule has 0 aliphatic heterocycles. The summed E-state index contributed by atoms with van der Waals surface area (Å²) >= 11 is 1.27. The van der Waals surface area contributed by atoms with Crippen LogP contribution in [0.5, 0.6) is 0 Å². The molecule has 0 bridgehead atoms. The van der Waals surface area contributed by atoms with E-state index in [2.05, 4.69) is 31.8 Å². The maximum atomic E-state index is 11.6. The molecular formula is C19H22N6O2S. The standard InChI is InChI=1S/C19H22N6O2S/c1-4-14-13(9-26)16-17(22-8-10(2)27)24-19(25-18(16)23-14)28-15-7-12(11(3)20)5-6-21-15/h5-7,9-10,27H,3-4,8,20H2,1-2H3,(H2,22,23,24,25)/t10-/m0/s1. The highest BCUT2D eigenvalue weighted by Crippen LogP contribution is 2.31. The third-order valence-corrected chi connectivity index (χ3v) is 4.89. The van der Waals surface area contributed by atoms with Gasteiger partial charge in [0.2, 0.25) is 0 Å². The highest BCUT2D eigenvalue weighted by Gasteiger charge is 2.18. The first kappa shape index (κ1) is 19.8. The van der Waals surface area contributed by atoms with Crippen LogP contribution in [0.15, 0.2) is 35.1 Å². The van der Waals surface area contributed by atoms with Crippen LogP contribution in [0.2, 0.25) is 0 Å². The van der Waals surface area contributed by atoms with E-state index >= 15 is 0 Å². The molecule has 0 unspecified atom stereocenters. The third kappa shape index (κ3) is 4.15. The van der Waals surface area contributed by atoms with Crippen LogP contribution in [0.3, 0.4) is 0 Å². The largest absolute Gasteiger partial charge is 0.399 e. The van der Waals surface area contributed by atoms with Crippen molar-refractivity contribution in [3.8, 4) is 0 Å². The molecule has 0 radical (unpaired) electrons. The number of aliphatic hydroxyl groups is 1. The van der Waals surface area contributed by atoms with Gasteiger partial charge >= 0.3 is 0 Å². The van der Waals surface area contributed by atoms with Crippen molar-refractivity contribution in [3.63, 3.8) is 0 Å². The predicted molar refractivity (Wildman–Crippen MR) is 110 cm³/mol. The second kappa shape index (κ2) is 8.41. The summed E-state index contributed by atoms with van der Waals surface area (Å²) in [5, 5.41) is 14.5. The quantitative estimate of drug-likeness (QED) is 0.336. The molecule has 5 N–H and O–H groups in total. The van der Waals surface area contributed by atoms with E-state index in [0.717, 1.165) is 17.5 Å². The van der Waals surface area contributed by atoms with Gasteiger partial charge in [0.25, 0.3) is 0 Å². The lowest BCUT2D eigenvalue weighted by atomic mass is 10.1. The zero-order valence-electron chi connectivity index (χ0n) is 15.7. The number of aromatic amines is 1. The molecule has 146 valence electrons. The minimum Gasteiger partial charge on any atom is -0.399 e. The van der Waals surface area contributed by atoms with Crippen LogP contribution in [0, 0.1) is 0 Å². The number of pyridine rings is 1. The van der Waals surface area contributed by atoms with Gasteiger partial charge in [-0.1, -0.05) is 13.5 Å². The lowest BCUT2D eigenvalue weighted by Crippen LogP contribution is -2.16. The molecular weight excluding hydrogens is 376 g/mol. The van der Waals surface area contributed by atoms with Crippen LogP contribution in [0.25, 0.3) is 16.7 Å². The van der Waals surface area contributed by atoms with Crippen LogP contribution in [-0.2, 0) is 6.42 Å². The van der Waals surface area contributed by atoms with Crippen molar-refractivity contribution in [1.82, 2.24) is 19.9 Å². The third-order valence-electron chi connectivity index (χ3n) is 4.09. The molecule has 3 aromatic heterocycles. The molecule has 0 aromatic carbocycles. The number of aromatic nitrogens is 4. The first-order valence-corrected chi connectivity index (χ1v) is 9.62. The number of hydrogen-bond acceptors (Lipinski definition) is 8. The zero-order chi connectivity index (χ0) is 20.3. The van der Waals surface area contributed by atoms with E-state index in [1.165, 1.54) is 11.8 Å². The highest BCUT2D eigenvalue weighted by molar-refractivity contribution is 7.99. The number of rotatable bonds is 8. The number of H-pyrrole nitrogens is 1. The van der Waals surface area contributed by atoms with Gasteiger partial charge < -0.3 is 21.1 Å². The molecule has 0 amide bonds. The molecule has 3 aromatic rings. The number of carbonyl (C=O) groups is 1. The van der Waals surface area contributed by atoms with Crippen molar-refractivity contribution in [2.75, 3.05) is 11.9 Å². The average molecular weight is 398 g/mol. The average Bonchev–Trinajstić information content (AvgIpc) is 3.03. The number of carbonyl (C=O) groups excluding carboxylic acids is 1. The highest BCUT2D eigenvalue weighted by atomic mass is 32.2. The summed E-state index contributed by atoms with van der Waals surface area (Å²) in [5.74, 6) is 0.492. The van der Waals surface area contributed by atoms with E-state index in [-0.39, 0.29) is 0 Å². The molecule has 3 rings (SSSR count). The number of aldehydes is 1. The smallest absolute Gasteiger partial charge is 0.197 e. The molecule has 9 heteroatoms. The van der Waals surface area contributed by atoms with Gasteiger partial charge in [0.1, 0.15) is 16.5 Å². The van der Waals surface area contributed by atoms with Crippen molar-refractivity contribution in [2.45, 2.75) is 36.6 Å². The number of anilines is 1. The van der Waals surface area contributed by atoms with Gasteiger partial charge in [0.15, 0.2) is 11.4 Å². The second-order valence-electron chi connectivity index (χ2n) is 6.31. The van der Waals surface area contributed by atoms with Crippen molar-refractivity contribution in [1.29, 1.82) is 0 Å². The number of hydrogen-bond donors (Lipinski definition) is 4. The van der Waals surface area contributed by atoms with Gasteiger partial charge in [-0.15, -0.1) is 0 Å². The Morgan fingerprint density at radius 2 is 2.29 bits per heavy atom. The van der Waals surface area contributed by atoms with E-state index in [4.69, 9.17) is 5.73 Å². The summed E-state index contributed by atoms with van der Waals surface area (Å²) in [6.07, 6.45) is 2.54. The molecule has 8 nitrogen and oxygen atoms in total. The Kier molecular flexibility index (Phi) is 5.96. The summed E-state index contributed by atoms with van der Waals surface area (Å²) < 4.78 is 0. The van der Waals surface area contributed by atoms with Gasteiger partial charge in [-0.2, -0.15) is 0 Å². The zero-order valence-corrected chi connectivity index (χ0v) is 16.5. The summed E-state index contributed by atoms with van der Waals surface area (Å²) in [4.78, 5) is 28.3. The van der Waals surface area contributed by atoms with Crippen molar-refractivity contribution in [2.24, 2.45) is 5.73 Å². The van der Waals surface area contributed by atoms with Crippen LogP contribution in [-0.4, -0.2) is 44.0 Å². The lowest BCUT2D eigenvalue weighted by Gasteiger charge is -2.10. The van der Waals surface area contributed by atoms with Crippen LogP contribution >= 0.6 is 11.8 Å². The van der Waals surface area contributed by atoms with E-state index in [0.29, 0.717) is 51.3 Å². The number of nitrogens with one attached hydrogen (secondary N) is 2. The van der Waals surface area contributed by atoms with Gasteiger partial charge in [-0.05, 0) is 37.2 Å². The van der Waals surface area contributed by atoms with E-state index in [1.54, 1.807) is 19.2 Å². The fourth-order valence-electron chi connectivity index (χ4n) is 2.73. The van der Waals surface area contributed by atoms with Gasteiger partial charge in [0.05, 0.1) is 11.5 Å². The van der Waals surface area contributed by atoms with Gasteiger partial charge in [-0.3, -0.25) is 4.79 Å². The topological polar surface area (TPSA) is 130 Å². The van der Waals surface area contributed by atoms with Crippen molar-refractivity contribution >= 4 is 40.6 Å². The molecule has 28 heavy (non-hydrogen) atoms. The SMILES string of the molecule is C=C(N)c1ccnc(Sc2nc(NC[C@H](C)O)c3c(C=O)c(CC)[nH]c3n2)c1.